The highest BCUT2D eigenvalue weighted by Crippen LogP contribution is 2.35. The topological polar surface area (TPSA) is 88.2 Å². The number of nitrogens with one attached hydrogen (secondary N) is 1. The Morgan fingerprint density at radius 1 is 1.10 bits per heavy atom. The number of Topliss-reactive ketones (excluding diaryl/α,β-unsaturated/α-hetero) is 1. The number of fused-ring (bicyclic) bond motifs is 3. The molecule has 1 saturated heterocycles. The minimum Gasteiger partial charge on any atom is -0.378 e. The van der Waals surface area contributed by atoms with E-state index < -0.39 is 0 Å². The van der Waals surface area contributed by atoms with Crippen molar-refractivity contribution in [3.05, 3.63) is 62.5 Å². The van der Waals surface area contributed by atoms with Gasteiger partial charge in [-0.05, 0) is 35.6 Å². The van der Waals surface area contributed by atoms with Gasteiger partial charge in [-0.3, -0.25) is 14.6 Å². The van der Waals surface area contributed by atoms with Crippen LogP contribution in [-0.2, 0) is 11.2 Å². The lowest BCUT2D eigenvalue weighted by Crippen LogP contribution is -2.38. The summed E-state index contributed by atoms with van der Waals surface area (Å²) >= 11 is 6.00. The molecular formula is C21H19ClN4O3. The van der Waals surface area contributed by atoms with Crippen LogP contribution < -0.4 is 10.5 Å². The molecule has 7 nitrogen and oxygen atoms in total. The van der Waals surface area contributed by atoms with E-state index in [2.05, 4.69) is 15.0 Å². The molecule has 1 aliphatic heterocycles. The second-order valence-corrected chi connectivity index (χ2v) is 7.85. The molecule has 1 fully saturated rings. The Hall–Kier alpha value is -2.77. The lowest BCUT2D eigenvalue weighted by molar-refractivity contribution is 0.0964. The van der Waals surface area contributed by atoms with Crippen LogP contribution in [0.1, 0.15) is 33.8 Å². The molecule has 0 bridgehead atoms. The van der Waals surface area contributed by atoms with Crippen molar-refractivity contribution in [3.63, 3.8) is 0 Å². The number of rotatable bonds is 2. The average molecular weight is 411 g/mol. The third-order valence-electron chi connectivity index (χ3n) is 5.67. The number of hydrogen-bond acceptors (Lipinski definition) is 6. The number of pyridine rings is 1. The molecule has 0 unspecified atom stereocenters. The number of carbonyl (C=O) groups excluding carboxylic acids is 1. The summed E-state index contributed by atoms with van der Waals surface area (Å²) in [5, 5.41) is 1.06. The number of aromatic nitrogens is 3. The first-order chi connectivity index (χ1) is 14.1. The largest absolute Gasteiger partial charge is 0.378 e. The summed E-state index contributed by atoms with van der Waals surface area (Å²) in [6, 6.07) is 7.52. The molecule has 1 aliphatic carbocycles. The zero-order chi connectivity index (χ0) is 20.0. The third-order valence-corrected chi connectivity index (χ3v) is 5.92. The number of ketones is 1. The zero-order valence-electron chi connectivity index (χ0n) is 15.7. The van der Waals surface area contributed by atoms with E-state index in [4.69, 9.17) is 16.3 Å². The Balaban J connectivity index is 1.59. The molecule has 8 heteroatoms. The lowest BCUT2D eigenvalue weighted by Gasteiger charge is -2.28. The number of aromatic amines is 1. The third kappa shape index (κ3) is 3.30. The molecule has 3 aromatic rings. The van der Waals surface area contributed by atoms with Gasteiger partial charge >= 0.3 is 0 Å². The van der Waals surface area contributed by atoms with E-state index in [9.17, 15) is 9.59 Å². The minimum absolute atomic E-state index is 0.00254. The Labute approximate surface area is 171 Å². The number of anilines is 1. The maximum absolute atomic E-state index is 13.0. The van der Waals surface area contributed by atoms with Crippen LogP contribution in [0, 0.1) is 0 Å². The summed E-state index contributed by atoms with van der Waals surface area (Å²) in [4.78, 5) is 39.6. The maximum Gasteiger partial charge on any atom is 0.262 e. The van der Waals surface area contributed by atoms with E-state index in [1.165, 1.54) is 0 Å². The molecule has 1 N–H and O–H groups in total. The molecule has 2 aromatic heterocycles. The fraction of sp³-hybridized carbons (Fsp3) is 0.333. The normalized spacial score (nSPS) is 19.4. The molecule has 0 saturated carbocycles. The first kappa shape index (κ1) is 18.3. The standard InChI is InChI=1S/C21H19ClN4O3/c22-14-3-1-12(2-4-14)13-9-15-16(17(27)10-13)11-23-19-18(15)20(28)25-21(24-19)26-5-7-29-8-6-26/h1-4,11,13H,5-10H2,(H,23,24,25,28)/t13-/m0/s1. The Bertz CT molecular complexity index is 1150. The molecule has 1 atom stereocenters. The van der Waals surface area contributed by atoms with Crippen molar-refractivity contribution in [1.29, 1.82) is 0 Å². The van der Waals surface area contributed by atoms with E-state index in [-0.39, 0.29) is 17.3 Å². The molecule has 29 heavy (non-hydrogen) atoms. The van der Waals surface area contributed by atoms with Crippen molar-refractivity contribution in [2.75, 3.05) is 31.2 Å². The Kier molecular flexibility index (Phi) is 4.56. The van der Waals surface area contributed by atoms with Gasteiger partial charge in [0.1, 0.15) is 0 Å². The van der Waals surface area contributed by atoms with Crippen molar-refractivity contribution in [3.8, 4) is 0 Å². The van der Waals surface area contributed by atoms with E-state index in [1.54, 1.807) is 6.20 Å². The minimum atomic E-state index is -0.259. The van der Waals surface area contributed by atoms with Crippen molar-refractivity contribution >= 4 is 34.4 Å². The van der Waals surface area contributed by atoms with Gasteiger partial charge < -0.3 is 9.64 Å². The second-order valence-electron chi connectivity index (χ2n) is 7.42. The first-order valence-corrected chi connectivity index (χ1v) is 10.0. The molecule has 5 rings (SSSR count). The molecule has 0 spiro atoms. The summed E-state index contributed by atoms with van der Waals surface area (Å²) in [6.07, 6.45) is 2.54. The van der Waals surface area contributed by atoms with Crippen LogP contribution in [0.25, 0.3) is 11.0 Å². The lowest BCUT2D eigenvalue weighted by atomic mass is 9.79. The first-order valence-electron chi connectivity index (χ1n) is 9.63. The van der Waals surface area contributed by atoms with Gasteiger partial charge in [-0.2, -0.15) is 4.98 Å². The van der Waals surface area contributed by atoms with Crippen LogP contribution in [0.15, 0.2) is 35.3 Å². The molecule has 0 amide bonds. The van der Waals surface area contributed by atoms with Crippen LogP contribution >= 0.6 is 11.6 Å². The van der Waals surface area contributed by atoms with Crippen LogP contribution in [0.3, 0.4) is 0 Å². The fourth-order valence-electron chi connectivity index (χ4n) is 4.15. The number of nitrogens with zero attached hydrogens (tertiary/aromatic N) is 3. The molecule has 3 heterocycles. The molecular weight excluding hydrogens is 392 g/mol. The van der Waals surface area contributed by atoms with Gasteiger partial charge in [-0.15, -0.1) is 0 Å². The van der Waals surface area contributed by atoms with Crippen LogP contribution in [0.2, 0.25) is 5.02 Å². The van der Waals surface area contributed by atoms with Gasteiger partial charge in [-0.1, -0.05) is 23.7 Å². The Morgan fingerprint density at radius 3 is 2.62 bits per heavy atom. The molecule has 148 valence electrons. The van der Waals surface area contributed by atoms with Gasteiger partial charge in [0.05, 0.1) is 18.6 Å². The number of hydrogen-bond donors (Lipinski definition) is 1. The zero-order valence-corrected chi connectivity index (χ0v) is 16.4. The van der Waals surface area contributed by atoms with Gasteiger partial charge in [0.2, 0.25) is 5.95 Å². The summed E-state index contributed by atoms with van der Waals surface area (Å²) < 4.78 is 5.36. The summed E-state index contributed by atoms with van der Waals surface area (Å²) in [6.45, 7) is 2.51. The summed E-state index contributed by atoms with van der Waals surface area (Å²) in [5.41, 5.74) is 2.40. The predicted molar refractivity (Wildman–Crippen MR) is 110 cm³/mol. The van der Waals surface area contributed by atoms with Crippen molar-refractivity contribution in [2.45, 2.75) is 18.8 Å². The van der Waals surface area contributed by atoms with Crippen molar-refractivity contribution < 1.29 is 9.53 Å². The summed E-state index contributed by atoms with van der Waals surface area (Å²) in [5.74, 6) is 0.489. The van der Waals surface area contributed by atoms with E-state index in [1.807, 2.05) is 29.2 Å². The maximum atomic E-state index is 13.0. The number of H-pyrrole nitrogens is 1. The van der Waals surface area contributed by atoms with Crippen LogP contribution in [0.5, 0.6) is 0 Å². The second kappa shape index (κ2) is 7.24. The number of carbonyl (C=O) groups is 1. The van der Waals surface area contributed by atoms with Crippen LogP contribution in [-0.4, -0.2) is 47.0 Å². The smallest absolute Gasteiger partial charge is 0.262 e. The highest BCUT2D eigenvalue weighted by atomic mass is 35.5. The monoisotopic (exact) mass is 410 g/mol. The quantitative estimate of drug-likeness (QED) is 0.698. The Morgan fingerprint density at radius 2 is 1.86 bits per heavy atom. The van der Waals surface area contributed by atoms with Gasteiger partial charge in [0.15, 0.2) is 11.4 Å². The van der Waals surface area contributed by atoms with Crippen molar-refractivity contribution in [1.82, 2.24) is 15.0 Å². The number of benzene rings is 1. The molecule has 0 radical (unpaired) electrons. The highest BCUT2D eigenvalue weighted by molar-refractivity contribution is 6.30. The predicted octanol–water partition coefficient (Wildman–Crippen LogP) is 2.72. The molecule has 2 aliphatic rings. The summed E-state index contributed by atoms with van der Waals surface area (Å²) in [7, 11) is 0. The SMILES string of the molecule is O=C1C[C@@H](c2ccc(Cl)cc2)Cc2c1cnc1nc(N3CCOCC3)[nH]c(=O)c21. The van der Waals surface area contributed by atoms with Crippen LogP contribution in [0.4, 0.5) is 5.95 Å². The molecule has 1 aromatic carbocycles. The van der Waals surface area contributed by atoms with Gasteiger partial charge in [-0.25, -0.2) is 4.98 Å². The van der Waals surface area contributed by atoms with Crippen molar-refractivity contribution in [2.24, 2.45) is 0 Å². The number of ether oxygens (including phenoxy) is 1. The van der Waals surface area contributed by atoms with Gasteiger partial charge in [0, 0.05) is 36.3 Å². The van der Waals surface area contributed by atoms with E-state index in [0.29, 0.717) is 66.7 Å². The number of morpholine rings is 1. The highest BCUT2D eigenvalue weighted by Gasteiger charge is 2.30. The fourth-order valence-corrected chi connectivity index (χ4v) is 4.28. The van der Waals surface area contributed by atoms with E-state index >= 15 is 0 Å². The van der Waals surface area contributed by atoms with E-state index in [0.717, 1.165) is 11.1 Å². The van der Waals surface area contributed by atoms with Gasteiger partial charge in [0.25, 0.3) is 5.56 Å². The average Bonchev–Trinajstić information content (AvgIpc) is 2.74. The number of halogens is 1.